The van der Waals surface area contributed by atoms with E-state index in [1.165, 1.54) is 23.6 Å². The van der Waals surface area contributed by atoms with Crippen LogP contribution < -0.4 is 0 Å². The zero-order chi connectivity index (χ0) is 22.3. The van der Waals surface area contributed by atoms with Gasteiger partial charge in [-0.3, -0.25) is 19.2 Å². The number of hydrogen-bond donors (Lipinski definition) is 0. The van der Waals surface area contributed by atoms with Crippen LogP contribution in [0.2, 0.25) is 0 Å². The minimum absolute atomic E-state index is 0.0620. The van der Waals surface area contributed by atoms with Crippen molar-refractivity contribution in [3.8, 4) is 0 Å². The number of ether oxygens (including phenoxy) is 4. The summed E-state index contributed by atoms with van der Waals surface area (Å²) in [6.07, 6.45) is -0.843. The van der Waals surface area contributed by atoms with Gasteiger partial charge < -0.3 is 28.7 Å². The molecular formula is C18H22N2O10. The summed E-state index contributed by atoms with van der Waals surface area (Å²) >= 11 is 0. The van der Waals surface area contributed by atoms with Crippen molar-refractivity contribution in [1.82, 2.24) is 9.80 Å². The fourth-order valence-corrected chi connectivity index (χ4v) is 2.65. The average molecular weight is 426 g/mol. The summed E-state index contributed by atoms with van der Waals surface area (Å²) in [5.74, 6) is -4.22. The lowest BCUT2D eigenvalue weighted by molar-refractivity contribution is -0.164. The first-order chi connectivity index (χ1) is 14.2. The normalized spacial score (nSPS) is 18.9. The van der Waals surface area contributed by atoms with Gasteiger partial charge in [0.15, 0.2) is 12.2 Å². The number of nitrogens with zero attached hydrogens (tertiary/aromatic N) is 2. The molecule has 2 aliphatic rings. The molecule has 0 spiro atoms. The van der Waals surface area contributed by atoms with Crippen LogP contribution in [0.4, 0.5) is 0 Å². The Bertz CT molecular complexity index is 700. The predicted molar refractivity (Wildman–Crippen MR) is 95.3 cm³/mol. The molecule has 0 aromatic carbocycles. The Balaban J connectivity index is 1.78. The average Bonchev–Trinajstić information content (AvgIpc) is 2.71. The van der Waals surface area contributed by atoms with E-state index in [9.17, 15) is 28.8 Å². The monoisotopic (exact) mass is 426 g/mol. The quantitative estimate of drug-likeness (QED) is 0.270. The first kappa shape index (κ1) is 22.8. The molecule has 2 atom stereocenters. The molecule has 2 fully saturated rings. The third-order valence-corrected chi connectivity index (χ3v) is 4.15. The second-order valence-corrected chi connectivity index (χ2v) is 6.45. The Morgan fingerprint density at radius 1 is 0.800 bits per heavy atom. The van der Waals surface area contributed by atoms with Gasteiger partial charge >= 0.3 is 23.9 Å². The summed E-state index contributed by atoms with van der Waals surface area (Å²) in [5.41, 5.74) is 0. The van der Waals surface area contributed by atoms with E-state index in [2.05, 4.69) is 0 Å². The Morgan fingerprint density at radius 2 is 1.17 bits per heavy atom. The van der Waals surface area contributed by atoms with Crippen molar-refractivity contribution < 1.29 is 47.7 Å². The van der Waals surface area contributed by atoms with Crippen molar-refractivity contribution in [2.45, 2.75) is 26.1 Å². The van der Waals surface area contributed by atoms with Crippen LogP contribution in [-0.2, 0) is 47.7 Å². The summed E-state index contributed by atoms with van der Waals surface area (Å²) in [4.78, 5) is 72.8. The number of esters is 4. The lowest BCUT2D eigenvalue weighted by Gasteiger charge is -2.28. The fourth-order valence-electron chi connectivity index (χ4n) is 2.65. The van der Waals surface area contributed by atoms with Gasteiger partial charge in [-0.1, -0.05) is 0 Å². The molecule has 2 heterocycles. The summed E-state index contributed by atoms with van der Waals surface area (Å²) in [5, 5.41) is 0. The predicted octanol–water partition coefficient (Wildman–Crippen LogP) is -1.82. The minimum atomic E-state index is -1.18. The van der Waals surface area contributed by atoms with Crippen LogP contribution in [0.5, 0.6) is 0 Å². The summed E-state index contributed by atoms with van der Waals surface area (Å²) in [7, 11) is 0. The molecule has 2 aliphatic heterocycles. The van der Waals surface area contributed by atoms with Crippen LogP contribution in [0, 0.1) is 0 Å². The van der Waals surface area contributed by atoms with E-state index in [1.807, 2.05) is 0 Å². The van der Waals surface area contributed by atoms with E-state index in [0.717, 1.165) is 12.2 Å². The van der Waals surface area contributed by atoms with E-state index < -0.39 is 47.9 Å². The Morgan fingerprint density at radius 3 is 1.50 bits per heavy atom. The molecule has 0 saturated carbocycles. The standard InChI is InChI=1S/C18H22N2O10/c1-11(17(25)19-5-7-27-15(23)9-19)29-13(21)3-4-14(22)30-12(2)18(26)20-6-8-28-16(24)10-20/h3-4,11-12H,5-10H2,1-2H3/b4-3+/t11-,12-/m0/s1. The van der Waals surface area contributed by atoms with Crippen LogP contribution in [0.3, 0.4) is 0 Å². The van der Waals surface area contributed by atoms with Crippen molar-refractivity contribution >= 4 is 35.7 Å². The lowest BCUT2D eigenvalue weighted by Crippen LogP contribution is -2.48. The Kier molecular flexibility index (Phi) is 7.90. The van der Waals surface area contributed by atoms with Crippen LogP contribution in [0.15, 0.2) is 12.2 Å². The molecular weight excluding hydrogens is 404 g/mol. The Hall–Kier alpha value is -3.44. The largest absolute Gasteiger partial charge is 0.462 e. The SMILES string of the molecule is C[C@H](OC(=O)/C=C/C(=O)O[C@@H](C)C(=O)N1CCOC(=O)C1)C(=O)N1CCOC(=O)C1. The maximum Gasteiger partial charge on any atom is 0.331 e. The van der Waals surface area contributed by atoms with Crippen molar-refractivity contribution in [3.63, 3.8) is 0 Å². The minimum Gasteiger partial charge on any atom is -0.462 e. The molecule has 0 bridgehead atoms. The smallest absolute Gasteiger partial charge is 0.331 e. The maximum absolute atomic E-state index is 12.2. The molecule has 0 radical (unpaired) electrons. The highest BCUT2D eigenvalue weighted by Gasteiger charge is 2.29. The van der Waals surface area contributed by atoms with Gasteiger partial charge in [0, 0.05) is 12.2 Å². The molecule has 2 rings (SSSR count). The summed E-state index contributed by atoms with van der Waals surface area (Å²) < 4.78 is 19.3. The summed E-state index contributed by atoms with van der Waals surface area (Å²) in [6, 6.07) is 0. The van der Waals surface area contributed by atoms with Gasteiger partial charge in [0.05, 0.1) is 13.1 Å². The van der Waals surface area contributed by atoms with Gasteiger partial charge in [0.1, 0.15) is 26.3 Å². The van der Waals surface area contributed by atoms with Crippen molar-refractivity contribution in [2.75, 3.05) is 39.4 Å². The van der Waals surface area contributed by atoms with Gasteiger partial charge in [0.25, 0.3) is 11.8 Å². The molecule has 2 amide bonds. The molecule has 0 aromatic heterocycles. The number of amides is 2. The topological polar surface area (TPSA) is 146 Å². The van der Waals surface area contributed by atoms with Crippen molar-refractivity contribution in [3.05, 3.63) is 12.2 Å². The van der Waals surface area contributed by atoms with Crippen molar-refractivity contribution in [2.24, 2.45) is 0 Å². The van der Waals surface area contributed by atoms with Gasteiger partial charge in [-0.15, -0.1) is 0 Å². The number of cyclic esters (lactones) is 2. The molecule has 2 saturated heterocycles. The summed E-state index contributed by atoms with van der Waals surface area (Å²) in [6.45, 7) is 2.70. The molecule has 0 unspecified atom stereocenters. The van der Waals surface area contributed by atoms with E-state index in [4.69, 9.17) is 18.9 Å². The van der Waals surface area contributed by atoms with E-state index in [1.54, 1.807) is 0 Å². The van der Waals surface area contributed by atoms with Gasteiger partial charge in [-0.2, -0.15) is 0 Å². The van der Waals surface area contributed by atoms with Crippen LogP contribution in [0.25, 0.3) is 0 Å². The molecule has 0 aliphatic carbocycles. The fraction of sp³-hybridized carbons (Fsp3) is 0.556. The molecule has 164 valence electrons. The molecule has 0 aromatic rings. The van der Waals surface area contributed by atoms with E-state index in [0.29, 0.717) is 0 Å². The van der Waals surface area contributed by atoms with Crippen LogP contribution >= 0.6 is 0 Å². The van der Waals surface area contributed by atoms with E-state index >= 15 is 0 Å². The molecule has 12 nitrogen and oxygen atoms in total. The number of hydrogen-bond acceptors (Lipinski definition) is 10. The third-order valence-electron chi connectivity index (χ3n) is 4.15. The first-order valence-electron chi connectivity index (χ1n) is 9.15. The molecule has 12 heteroatoms. The third kappa shape index (κ3) is 6.57. The highest BCUT2D eigenvalue weighted by Crippen LogP contribution is 2.06. The number of carbonyl (C=O) groups excluding carboxylic acids is 6. The van der Waals surface area contributed by atoms with Gasteiger partial charge in [-0.25, -0.2) is 9.59 Å². The second kappa shape index (κ2) is 10.4. The van der Waals surface area contributed by atoms with Gasteiger partial charge in [-0.05, 0) is 13.8 Å². The highest BCUT2D eigenvalue weighted by molar-refractivity contribution is 5.95. The van der Waals surface area contributed by atoms with Crippen LogP contribution in [0.1, 0.15) is 13.8 Å². The second-order valence-electron chi connectivity index (χ2n) is 6.45. The number of morpholine rings is 2. The van der Waals surface area contributed by atoms with Crippen molar-refractivity contribution in [1.29, 1.82) is 0 Å². The zero-order valence-corrected chi connectivity index (χ0v) is 16.5. The van der Waals surface area contributed by atoms with E-state index in [-0.39, 0.29) is 39.4 Å². The molecule has 0 N–H and O–H groups in total. The lowest BCUT2D eigenvalue weighted by atomic mass is 10.3. The maximum atomic E-state index is 12.2. The first-order valence-corrected chi connectivity index (χ1v) is 9.15. The van der Waals surface area contributed by atoms with Crippen LogP contribution in [-0.4, -0.2) is 97.1 Å². The van der Waals surface area contributed by atoms with Gasteiger partial charge in [0.2, 0.25) is 0 Å². The molecule has 30 heavy (non-hydrogen) atoms. The number of rotatable bonds is 6. The zero-order valence-electron chi connectivity index (χ0n) is 16.5. The Labute approximate surface area is 171 Å². The number of carbonyl (C=O) groups is 6. The highest BCUT2D eigenvalue weighted by atomic mass is 16.6.